The maximum Gasteiger partial charge on any atom is 0.258 e. The summed E-state index contributed by atoms with van der Waals surface area (Å²) >= 11 is 0. The Balaban J connectivity index is 1.95. The molecule has 1 heterocycles. The number of amides is 1. The lowest BCUT2D eigenvalue weighted by Gasteiger charge is -2.13. The highest BCUT2D eigenvalue weighted by atomic mass is 16.5. The zero-order valence-corrected chi connectivity index (χ0v) is 15.5. The van der Waals surface area contributed by atoms with Crippen LogP contribution in [0, 0.1) is 6.92 Å². The van der Waals surface area contributed by atoms with Gasteiger partial charge in [-0.3, -0.25) is 9.59 Å². The van der Waals surface area contributed by atoms with Crippen LogP contribution in [-0.2, 0) is 6.54 Å². The smallest absolute Gasteiger partial charge is 0.258 e. The van der Waals surface area contributed by atoms with Gasteiger partial charge in [0.05, 0.1) is 19.8 Å². The summed E-state index contributed by atoms with van der Waals surface area (Å²) in [4.78, 5) is 25.3. The number of fused-ring (bicyclic) bond motifs is 1. The number of ether oxygens (including phenoxy) is 1. The van der Waals surface area contributed by atoms with Crippen molar-refractivity contribution in [2.45, 2.75) is 26.5 Å². The number of anilines is 1. The Morgan fingerprint density at radius 3 is 2.67 bits per heavy atom. The van der Waals surface area contributed by atoms with Crippen LogP contribution in [0.1, 0.15) is 22.8 Å². The number of rotatable bonds is 5. The molecular formula is C21H22N2O4. The monoisotopic (exact) mass is 366 g/mol. The second-order valence-corrected chi connectivity index (χ2v) is 6.53. The highest BCUT2D eigenvalue weighted by molar-refractivity contribution is 6.09. The second-order valence-electron chi connectivity index (χ2n) is 6.53. The normalized spacial score (nSPS) is 12.0. The number of hydrogen-bond acceptors (Lipinski definition) is 4. The zero-order valence-electron chi connectivity index (χ0n) is 15.5. The third-order valence-corrected chi connectivity index (χ3v) is 4.38. The SMILES string of the molecule is COc1ccc(C(=O)Nc2cccc3c(=O)n(CC(C)O)ccc23)cc1C. The van der Waals surface area contributed by atoms with Crippen molar-refractivity contribution in [2.24, 2.45) is 0 Å². The first-order chi connectivity index (χ1) is 12.9. The second kappa shape index (κ2) is 7.63. The molecular weight excluding hydrogens is 344 g/mol. The minimum absolute atomic E-state index is 0.204. The lowest BCUT2D eigenvalue weighted by Crippen LogP contribution is -2.25. The van der Waals surface area contributed by atoms with E-state index in [1.54, 1.807) is 62.7 Å². The molecule has 6 heteroatoms. The van der Waals surface area contributed by atoms with Gasteiger partial charge < -0.3 is 19.7 Å². The van der Waals surface area contributed by atoms with Crippen LogP contribution in [0.4, 0.5) is 5.69 Å². The van der Waals surface area contributed by atoms with Crippen molar-refractivity contribution in [3.63, 3.8) is 0 Å². The summed E-state index contributed by atoms with van der Waals surface area (Å²) in [6.45, 7) is 3.72. The molecule has 2 N–H and O–H groups in total. The first-order valence-electron chi connectivity index (χ1n) is 8.67. The van der Waals surface area contributed by atoms with E-state index in [0.717, 1.165) is 11.3 Å². The molecule has 1 aromatic heterocycles. The predicted octanol–water partition coefficient (Wildman–Crippen LogP) is 2.95. The number of carbonyl (C=O) groups excluding carboxylic acids is 1. The molecule has 0 fully saturated rings. The first kappa shape index (κ1) is 18.7. The molecule has 6 nitrogen and oxygen atoms in total. The van der Waals surface area contributed by atoms with Crippen molar-refractivity contribution in [3.05, 3.63) is 70.1 Å². The first-order valence-corrected chi connectivity index (χ1v) is 8.67. The average molecular weight is 366 g/mol. The Morgan fingerprint density at radius 2 is 2.00 bits per heavy atom. The van der Waals surface area contributed by atoms with E-state index in [-0.39, 0.29) is 18.0 Å². The molecule has 0 aliphatic heterocycles. The standard InChI is InChI=1S/C21H22N2O4/c1-13-11-15(7-8-19(13)27-3)20(25)22-18-6-4-5-17-16(18)9-10-23(21(17)26)12-14(2)24/h4-11,14,24H,12H2,1-3H3,(H,22,25). The van der Waals surface area contributed by atoms with Crippen molar-refractivity contribution >= 4 is 22.4 Å². The molecule has 3 rings (SSSR count). The summed E-state index contributed by atoms with van der Waals surface area (Å²) in [7, 11) is 1.59. The maximum atomic E-state index is 12.6. The number of carbonyl (C=O) groups is 1. The fourth-order valence-electron chi connectivity index (χ4n) is 3.07. The van der Waals surface area contributed by atoms with E-state index in [1.807, 2.05) is 6.92 Å². The average Bonchev–Trinajstić information content (AvgIpc) is 2.64. The van der Waals surface area contributed by atoms with Crippen molar-refractivity contribution in [1.82, 2.24) is 4.57 Å². The molecule has 2 aromatic carbocycles. The van der Waals surface area contributed by atoms with E-state index in [1.165, 1.54) is 4.57 Å². The lowest BCUT2D eigenvalue weighted by molar-refractivity contribution is 0.102. The number of benzene rings is 2. The molecule has 0 aliphatic rings. The molecule has 140 valence electrons. The van der Waals surface area contributed by atoms with E-state index in [9.17, 15) is 14.7 Å². The van der Waals surface area contributed by atoms with E-state index in [4.69, 9.17) is 4.74 Å². The number of pyridine rings is 1. The Bertz CT molecular complexity index is 1050. The van der Waals surface area contributed by atoms with Gasteiger partial charge in [-0.2, -0.15) is 0 Å². The topological polar surface area (TPSA) is 80.6 Å². The van der Waals surface area contributed by atoms with E-state index in [2.05, 4.69) is 5.32 Å². The van der Waals surface area contributed by atoms with E-state index < -0.39 is 6.10 Å². The van der Waals surface area contributed by atoms with E-state index >= 15 is 0 Å². The highest BCUT2D eigenvalue weighted by Gasteiger charge is 2.12. The highest BCUT2D eigenvalue weighted by Crippen LogP contribution is 2.23. The number of aromatic nitrogens is 1. The Labute approximate surface area is 157 Å². The molecule has 27 heavy (non-hydrogen) atoms. The number of methoxy groups -OCH3 is 1. The number of nitrogens with zero attached hydrogens (tertiary/aromatic N) is 1. The molecule has 0 aliphatic carbocycles. The Morgan fingerprint density at radius 1 is 1.22 bits per heavy atom. The Kier molecular flexibility index (Phi) is 5.28. The lowest BCUT2D eigenvalue weighted by atomic mass is 10.1. The Hall–Kier alpha value is -3.12. The molecule has 1 atom stereocenters. The fraction of sp³-hybridized carbons (Fsp3) is 0.238. The molecule has 3 aromatic rings. The number of nitrogens with one attached hydrogen (secondary N) is 1. The van der Waals surface area contributed by atoms with Crippen molar-refractivity contribution in [3.8, 4) is 5.75 Å². The summed E-state index contributed by atoms with van der Waals surface area (Å²) < 4.78 is 6.68. The van der Waals surface area contributed by atoms with Crippen LogP contribution in [0.25, 0.3) is 10.8 Å². The zero-order chi connectivity index (χ0) is 19.6. The largest absolute Gasteiger partial charge is 0.496 e. The van der Waals surface area contributed by atoms with Gasteiger partial charge in [0.1, 0.15) is 5.75 Å². The van der Waals surface area contributed by atoms with Crippen LogP contribution in [0.5, 0.6) is 5.75 Å². The van der Waals surface area contributed by atoms with Crippen LogP contribution in [0.2, 0.25) is 0 Å². The van der Waals surface area contributed by atoms with Crippen molar-refractivity contribution in [1.29, 1.82) is 0 Å². The third kappa shape index (κ3) is 3.85. The summed E-state index contributed by atoms with van der Waals surface area (Å²) in [6.07, 6.45) is 1.01. The van der Waals surface area contributed by atoms with Crippen LogP contribution < -0.4 is 15.6 Å². The van der Waals surface area contributed by atoms with E-state index in [0.29, 0.717) is 22.0 Å². The molecule has 0 radical (unpaired) electrons. The van der Waals surface area contributed by atoms with Crippen molar-refractivity contribution in [2.75, 3.05) is 12.4 Å². The maximum absolute atomic E-state index is 12.6. The molecule has 0 saturated heterocycles. The fourth-order valence-corrected chi connectivity index (χ4v) is 3.07. The number of hydrogen-bond donors (Lipinski definition) is 2. The minimum Gasteiger partial charge on any atom is -0.496 e. The minimum atomic E-state index is -0.624. The summed E-state index contributed by atoms with van der Waals surface area (Å²) in [5.41, 5.74) is 1.73. The van der Waals surface area contributed by atoms with Gasteiger partial charge in [0.15, 0.2) is 0 Å². The summed E-state index contributed by atoms with van der Waals surface area (Å²) in [5.74, 6) is 0.455. The van der Waals surface area contributed by atoms with Gasteiger partial charge in [0, 0.05) is 28.2 Å². The number of aryl methyl sites for hydroxylation is 1. The summed E-state index contributed by atoms with van der Waals surface area (Å²) in [6, 6.07) is 12.2. The number of aliphatic hydroxyl groups is 1. The third-order valence-electron chi connectivity index (χ3n) is 4.38. The molecule has 1 unspecified atom stereocenters. The molecule has 0 spiro atoms. The molecule has 0 bridgehead atoms. The predicted molar refractivity (Wildman–Crippen MR) is 106 cm³/mol. The van der Waals surface area contributed by atoms with Gasteiger partial charge in [0.2, 0.25) is 0 Å². The van der Waals surface area contributed by atoms with Gasteiger partial charge in [-0.15, -0.1) is 0 Å². The van der Waals surface area contributed by atoms with Crippen LogP contribution in [-0.4, -0.2) is 28.8 Å². The van der Waals surface area contributed by atoms with Crippen LogP contribution in [0.3, 0.4) is 0 Å². The van der Waals surface area contributed by atoms with Gasteiger partial charge in [0.25, 0.3) is 11.5 Å². The van der Waals surface area contributed by atoms with Gasteiger partial charge in [-0.05, 0) is 55.8 Å². The van der Waals surface area contributed by atoms with Gasteiger partial charge in [-0.1, -0.05) is 6.07 Å². The van der Waals surface area contributed by atoms with Gasteiger partial charge >= 0.3 is 0 Å². The van der Waals surface area contributed by atoms with Crippen LogP contribution in [0.15, 0.2) is 53.5 Å². The van der Waals surface area contributed by atoms with Crippen LogP contribution >= 0.6 is 0 Å². The quantitative estimate of drug-likeness (QED) is 0.727. The van der Waals surface area contributed by atoms with Gasteiger partial charge in [-0.25, -0.2) is 0 Å². The summed E-state index contributed by atoms with van der Waals surface area (Å²) in [5, 5.41) is 13.6. The molecule has 0 saturated carbocycles. The molecule has 1 amide bonds. The van der Waals surface area contributed by atoms with Crippen molar-refractivity contribution < 1.29 is 14.6 Å². The number of aliphatic hydroxyl groups excluding tert-OH is 1.